The molecule has 1 saturated carbocycles. The Kier molecular flexibility index (Phi) is 9.36. The number of amides is 5. The number of carbonyl (C=O) groups excluding carboxylic acids is 4. The molecule has 45 heavy (non-hydrogen) atoms. The number of carbonyl (C=O) groups is 4. The number of piperidine rings is 2. The fourth-order valence-corrected chi connectivity index (χ4v) is 7.05. The van der Waals surface area contributed by atoms with Gasteiger partial charge in [0.1, 0.15) is 6.04 Å². The summed E-state index contributed by atoms with van der Waals surface area (Å²) in [4.78, 5) is 53.1. The largest absolute Gasteiger partial charge is 0.399 e. The first kappa shape index (κ1) is 30.7. The van der Waals surface area contributed by atoms with E-state index >= 15 is 0 Å². The van der Waals surface area contributed by atoms with Gasteiger partial charge in [-0.1, -0.05) is 24.0 Å². The summed E-state index contributed by atoms with van der Waals surface area (Å²) in [6.45, 7) is 2.71. The number of anilines is 1. The second kappa shape index (κ2) is 13.7. The lowest BCUT2D eigenvalue weighted by atomic mass is 9.89. The molecule has 6 rings (SSSR count). The summed E-state index contributed by atoms with van der Waals surface area (Å²) >= 11 is 0. The maximum atomic E-state index is 12.9. The summed E-state index contributed by atoms with van der Waals surface area (Å²) in [5.74, 6) is 6.06. The van der Waals surface area contributed by atoms with Crippen molar-refractivity contribution in [1.29, 1.82) is 0 Å². The topological polar surface area (TPSA) is 137 Å². The smallest absolute Gasteiger partial charge is 0.317 e. The van der Waals surface area contributed by atoms with Gasteiger partial charge in [0.05, 0.1) is 0 Å². The Hall–Kier alpha value is -4.36. The number of hydrogen-bond donors (Lipinski definition) is 4. The zero-order valence-corrected chi connectivity index (χ0v) is 25.6. The van der Waals surface area contributed by atoms with E-state index in [0.29, 0.717) is 36.9 Å². The molecule has 2 aromatic carbocycles. The highest BCUT2D eigenvalue weighted by molar-refractivity contribution is 6.05. The first-order chi connectivity index (χ1) is 21.8. The molecule has 236 valence electrons. The lowest BCUT2D eigenvalue weighted by Crippen LogP contribution is -2.52. The standard InChI is InChI=1S/C35H42N6O4/c36-27-7-5-24(6-8-27)25-16-19-40(20-17-25)35(45)38-29-11-9-28(10-12-29)37-18-2-1-3-23-4-13-30-26(21-23)22-41(34(30)44)31-14-15-32(42)39-33(31)43/h4-8,13,21,25,28-29,31,37H,2,9-12,14-20,22,36H2,(H,38,45)(H,39,42,43). The number of nitrogens with one attached hydrogen (secondary N) is 3. The molecule has 0 bridgehead atoms. The third-order valence-corrected chi connectivity index (χ3v) is 9.68. The number of urea groups is 1. The SMILES string of the molecule is Nc1ccc(C2CCN(C(=O)NC3CCC(NCCC#Cc4ccc5c(c4)CN(C4CCC(=O)NC4=O)C5=O)CC3)CC2)cc1. The van der Waals surface area contributed by atoms with Crippen LogP contribution >= 0.6 is 0 Å². The second-order valence-corrected chi connectivity index (χ2v) is 12.7. The van der Waals surface area contributed by atoms with Crippen LogP contribution in [0.2, 0.25) is 0 Å². The molecular formula is C35H42N6O4. The first-order valence-corrected chi connectivity index (χ1v) is 16.2. The maximum absolute atomic E-state index is 12.9. The Morgan fingerprint density at radius 1 is 0.933 bits per heavy atom. The van der Waals surface area contributed by atoms with Gasteiger partial charge < -0.3 is 26.2 Å². The molecule has 10 nitrogen and oxygen atoms in total. The highest BCUT2D eigenvalue weighted by atomic mass is 16.2. The number of hydrogen-bond acceptors (Lipinski definition) is 6. The predicted molar refractivity (Wildman–Crippen MR) is 171 cm³/mol. The minimum Gasteiger partial charge on any atom is -0.399 e. The zero-order chi connectivity index (χ0) is 31.3. The van der Waals surface area contributed by atoms with E-state index < -0.39 is 11.9 Å². The average Bonchev–Trinajstić information content (AvgIpc) is 3.37. The first-order valence-electron chi connectivity index (χ1n) is 16.2. The molecule has 4 aliphatic rings. The molecule has 10 heteroatoms. The Morgan fingerprint density at radius 2 is 1.67 bits per heavy atom. The van der Waals surface area contributed by atoms with Crippen LogP contribution in [-0.2, 0) is 16.1 Å². The summed E-state index contributed by atoms with van der Waals surface area (Å²) in [7, 11) is 0. The second-order valence-electron chi connectivity index (χ2n) is 12.7. The van der Waals surface area contributed by atoms with E-state index in [4.69, 9.17) is 5.73 Å². The summed E-state index contributed by atoms with van der Waals surface area (Å²) in [6.07, 6.45) is 7.26. The number of rotatable bonds is 6. The number of nitrogens with zero attached hydrogens (tertiary/aromatic N) is 2. The zero-order valence-electron chi connectivity index (χ0n) is 25.6. The van der Waals surface area contributed by atoms with Gasteiger partial charge >= 0.3 is 6.03 Å². The fourth-order valence-electron chi connectivity index (χ4n) is 7.05. The third kappa shape index (κ3) is 7.31. The fraction of sp³-hybridized carbons (Fsp3) is 0.486. The monoisotopic (exact) mass is 610 g/mol. The van der Waals surface area contributed by atoms with E-state index in [1.54, 1.807) is 11.0 Å². The quantitative estimate of drug-likeness (QED) is 0.172. The molecule has 1 unspecified atom stereocenters. The summed E-state index contributed by atoms with van der Waals surface area (Å²) in [6, 6.07) is 13.8. The molecule has 3 aliphatic heterocycles. The molecule has 0 aromatic heterocycles. The predicted octanol–water partition coefficient (Wildman–Crippen LogP) is 3.26. The Morgan fingerprint density at radius 3 is 2.40 bits per heavy atom. The van der Waals surface area contributed by atoms with Gasteiger partial charge in [-0.15, -0.1) is 0 Å². The highest BCUT2D eigenvalue weighted by Gasteiger charge is 2.39. The molecule has 3 heterocycles. The van der Waals surface area contributed by atoms with E-state index in [9.17, 15) is 19.2 Å². The summed E-state index contributed by atoms with van der Waals surface area (Å²) in [5.41, 5.74) is 10.2. The van der Waals surface area contributed by atoms with Crippen LogP contribution in [0.3, 0.4) is 0 Å². The van der Waals surface area contributed by atoms with Crippen LogP contribution in [0.4, 0.5) is 10.5 Å². The van der Waals surface area contributed by atoms with Crippen molar-refractivity contribution in [2.75, 3.05) is 25.4 Å². The maximum Gasteiger partial charge on any atom is 0.317 e. The molecule has 2 saturated heterocycles. The van der Waals surface area contributed by atoms with Gasteiger partial charge in [0.2, 0.25) is 11.8 Å². The molecule has 2 aromatic rings. The van der Waals surface area contributed by atoms with Crippen LogP contribution in [-0.4, -0.2) is 71.3 Å². The van der Waals surface area contributed by atoms with Crippen LogP contribution in [0.5, 0.6) is 0 Å². The molecule has 0 radical (unpaired) electrons. The molecular weight excluding hydrogens is 568 g/mol. The van der Waals surface area contributed by atoms with E-state index in [-0.39, 0.29) is 30.3 Å². The van der Waals surface area contributed by atoms with Gasteiger partial charge in [-0.2, -0.15) is 0 Å². The molecule has 5 amide bonds. The number of nitrogen functional groups attached to an aromatic ring is 1. The minimum absolute atomic E-state index is 0.0667. The Bertz CT molecular complexity index is 1500. The Labute approximate surface area is 264 Å². The van der Waals surface area contributed by atoms with Gasteiger partial charge in [-0.05, 0) is 92.3 Å². The van der Waals surface area contributed by atoms with Gasteiger partial charge in [-0.25, -0.2) is 4.79 Å². The normalized spacial score (nSPS) is 23.6. The van der Waals surface area contributed by atoms with Crippen LogP contribution in [0.25, 0.3) is 0 Å². The van der Waals surface area contributed by atoms with Crippen molar-refractivity contribution in [3.8, 4) is 11.8 Å². The van der Waals surface area contributed by atoms with Crippen molar-refractivity contribution in [2.45, 2.75) is 88.4 Å². The van der Waals surface area contributed by atoms with E-state index in [2.05, 4.69) is 39.9 Å². The number of imide groups is 1. The van der Waals surface area contributed by atoms with E-state index in [0.717, 1.165) is 75.0 Å². The van der Waals surface area contributed by atoms with Crippen molar-refractivity contribution < 1.29 is 19.2 Å². The molecule has 5 N–H and O–H groups in total. The van der Waals surface area contributed by atoms with Crippen molar-refractivity contribution in [1.82, 2.24) is 25.8 Å². The number of likely N-dealkylation sites (tertiary alicyclic amines) is 1. The molecule has 1 atom stereocenters. The van der Waals surface area contributed by atoms with E-state index in [1.807, 2.05) is 29.2 Å². The molecule has 3 fully saturated rings. The van der Waals surface area contributed by atoms with Gasteiger partial charge in [-0.3, -0.25) is 19.7 Å². The van der Waals surface area contributed by atoms with Gasteiger partial charge in [0.25, 0.3) is 5.91 Å². The van der Waals surface area contributed by atoms with Crippen molar-refractivity contribution in [3.63, 3.8) is 0 Å². The van der Waals surface area contributed by atoms with Crippen LogP contribution in [0.1, 0.15) is 90.8 Å². The highest BCUT2D eigenvalue weighted by Crippen LogP contribution is 2.30. The number of nitrogens with two attached hydrogens (primary N) is 1. The van der Waals surface area contributed by atoms with Gasteiger partial charge in [0, 0.05) is 67.9 Å². The van der Waals surface area contributed by atoms with Gasteiger partial charge in [0.15, 0.2) is 0 Å². The molecule has 0 spiro atoms. The summed E-state index contributed by atoms with van der Waals surface area (Å²) in [5, 5.41) is 9.23. The van der Waals surface area contributed by atoms with E-state index in [1.165, 1.54) is 5.56 Å². The number of fused-ring (bicyclic) bond motifs is 1. The molecule has 1 aliphatic carbocycles. The van der Waals surface area contributed by atoms with Crippen molar-refractivity contribution >= 4 is 29.4 Å². The summed E-state index contributed by atoms with van der Waals surface area (Å²) < 4.78 is 0. The van der Waals surface area contributed by atoms with Crippen molar-refractivity contribution in [2.24, 2.45) is 0 Å². The van der Waals surface area contributed by atoms with Crippen LogP contribution in [0, 0.1) is 11.8 Å². The van der Waals surface area contributed by atoms with Crippen molar-refractivity contribution in [3.05, 3.63) is 64.7 Å². The number of benzene rings is 2. The third-order valence-electron chi connectivity index (χ3n) is 9.68. The minimum atomic E-state index is -0.612. The van der Waals surface area contributed by atoms with Crippen LogP contribution < -0.4 is 21.7 Å². The Balaban J connectivity index is 0.882. The van der Waals surface area contributed by atoms with Crippen LogP contribution in [0.15, 0.2) is 42.5 Å². The average molecular weight is 611 g/mol. The lowest BCUT2D eigenvalue weighted by Gasteiger charge is -2.35. The lowest BCUT2D eigenvalue weighted by molar-refractivity contribution is -0.136.